The van der Waals surface area contributed by atoms with E-state index in [4.69, 9.17) is 4.74 Å². The van der Waals surface area contributed by atoms with Crippen LogP contribution in [0.4, 0.5) is 11.4 Å². The van der Waals surface area contributed by atoms with E-state index in [1.54, 1.807) is 24.3 Å². The van der Waals surface area contributed by atoms with E-state index >= 15 is 0 Å². The summed E-state index contributed by atoms with van der Waals surface area (Å²) in [6, 6.07) is 6.75. The third kappa shape index (κ3) is 5.58. The maximum atomic E-state index is 11.8. The lowest BCUT2D eigenvalue weighted by Crippen LogP contribution is -2.25. The van der Waals surface area contributed by atoms with Crippen molar-refractivity contribution in [2.24, 2.45) is 5.92 Å². The third-order valence-electron chi connectivity index (χ3n) is 3.41. The fraction of sp³-hybridized carbons (Fsp3) is 0.353. The van der Waals surface area contributed by atoms with Gasteiger partial charge in [0.05, 0.1) is 5.92 Å². The van der Waals surface area contributed by atoms with Gasteiger partial charge in [0.15, 0.2) is 6.61 Å². The molecule has 122 valence electrons. The van der Waals surface area contributed by atoms with Crippen LogP contribution in [0.5, 0.6) is 0 Å². The largest absolute Gasteiger partial charge is 0.455 e. The van der Waals surface area contributed by atoms with Crippen LogP contribution in [0.2, 0.25) is 0 Å². The Morgan fingerprint density at radius 2 is 1.91 bits per heavy atom. The number of esters is 1. The highest BCUT2D eigenvalue weighted by Crippen LogP contribution is 2.19. The van der Waals surface area contributed by atoms with Gasteiger partial charge in [-0.2, -0.15) is 0 Å². The second kappa shape index (κ2) is 8.12. The lowest BCUT2D eigenvalue weighted by Gasteiger charge is -2.16. The molecule has 0 saturated carbocycles. The van der Waals surface area contributed by atoms with Gasteiger partial charge in [-0.15, -0.1) is 0 Å². The summed E-state index contributed by atoms with van der Waals surface area (Å²) in [6.45, 7) is 1.09. The number of hydrogen-bond donors (Lipinski definition) is 2. The van der Waals surface area contributed by atoms with Crippen LogP contribution in [0.3, 0.4) is 0 Å². The first-order chi connectivity index (χ1) is 11.0. The van der Waals surface area contributed by atoms with Crippen LogP contribution in [0.15, 0.2) is 36.4 Å². The highest BCUT2D eigenvalue weighted by atomic mass is 16.5. The van der Waals surface area contributed by atoms with Crippen molar-refractivity contribution in [3.8, 4) is 0 Å². The minimum absolute atomic E-state index is 0.157. The first-order valence-electron chi connectivity index (χ1n) is 7.54. The number of nitrogens with one attached hydrogen (secondary N) is 2. The van der Waals surface area contributed by atoms with Gasteiger partial charge in [0.1, 0.15) is 0 Å². The van der Waals surface area contributed by atoms with Crippen molar-refractivity contribution in [2.75, 3.05) is 17.2 Å². The van der Waals surface area contributed by atoms with Gasteiger partial charge in [-0.1, -0.05) is 18.2 Å². The van der Waals surface area contributed by atoms with E-state index in [-0.39, 0.29) is 24.4 Å². The number of rotatable bonds is 5. The van der Waals surface area contributed by atoms with Crippen molar-refractivity contribution in [3.05, 3.63) is 36.4 Å². The molecule has 1 aromatic rings. The predicted octanol–water partition coefficient (Wildman–Crippen LogP) is 2.48. The summed E-state index contributed by atoms with van der Waals surface area (Å²) in [5.41, 5.74) is 1.11. The molecule has 1 aliphatic carbocycles. The van der Waals surface area contributed by atoms with Gasteiger partial charge in [0, 0.05) is 18.3 Å². The van der Waals surface area contributed by atoms with Crippen LogP contribution in [0, 0.1) is 5.92 Å². The Bertz CT molecular complexity index is 625. The van der Waals surface area contributed by atoms with Gasteiger partial charge in [-0.25, -0.2) is 0 Å². The number of anilines is 2. The normalized spacial score (nSPS) is 16.5. The van der Waals surface area contributed by atoms with E-state index in [1.165, 1.54) is 6.92 Å². The number of allylic oxidation sites excluding steroid dienone is 2. The van der Waals surface area contributed by atoms with Crippen molar-refractivity contribution in [1.82, 2.24) is 0 Å². The van der Waals surface area contributed by atoms with Gasteiger partial charge in [-0.3, -0.25) is 14.4 Å². The molecule has 0 bridgehead atoms. The van der Waals surface area contributed by atoms with Crippen LogP contribution >= 0.6 is 0 Å². The molecule has 2 amide bonds. The van der Waals surface area contributed by atoms with Crippen molar-refractivity contribution in [3.63, 3.8) is 0 Å². The number of benzene rings is 1. The number of carbonyl (C=O) groups is 3. The Labute approximate surface area is 134 Å². The molecule has 1 atom stereocenters. The number of hydrogen-bond acceptors (Lipinski definition) is 4. The molecule has 23 heavy (non-hydrogen) atoms. The van der Waals surface area contributed by atoms with Crippen molar-refractivity contribution in [2.45, 2.75) is 26.2 Å². The lowest BCUT2D eigenvalue weighted by atomic mass is 9.95. The van der Waals surface area contributed by atoms with E-state index in [1.807, 2.05) is 12.2 Å². The average molecular weight is 316 g/mol. The third-order valence-corrected chi connectivity index (χ3v) is 3.41. The van der Waals surface area contributed by atoms with Crippen LogP contribution < -0.4 is 10.6 Å². The Hall–Kier alpha value is -2.63. The SMILES string of the molecule is CC(=O)Nc1cccc(NC(=O)COC(=O)[C@H]2CC=CCC2)c1. The fourth-order valence-electron chi connectivity index (χ4n) is 2.34. The molecule has 0 aliphatic heterocycles. The zero-order chi connectivity index (χ0) is 16.7. The molecule has 1 aromatic carbocycles. The van der Waals surface area contributed by atoms with E-state index in [9.17, 15) is 14.4 Å². The van der Waals surface area contributed by atoms with Crippen LogP contribution in [-0.4, -0.2) is 24.4 Å². The van der Waals surface area contributed by atoms with Crippen LogP contribution in [0.1, 0.15) is 26.2 Å². The molecule has 6 nitrogen and oxygen atoms in total. The minimum Gasteiger partial charge on any atom is -0.455 e. The lowest BCUT2D eigenvalue weighted by molar-refractivity contribution is -0.151. The van der Waals surface area contributed by atoms with Gasteiger partial charge >= 0.3 is 5.97 Å². The summed E-state index contributed by atoms with van der Waals surface area (Å²) in [5.74, 6) is -1.10. The fourth-order valence-corrected chi connectivity index (χ4v) is 2.34. The Balaban J connectivity index is 1.81. The average Bonchev–Trinajstić information content (AvgIpc) is 2.53. The number of carbonyl (C=O) groups excluding carboxylic acids is 3. The second-order valence-electron chi connectivity index (χ2n) is 5.40. The predicted molar refractivity (Wildman–Crippen MR) is 86.8 cm³/mol. The number of amides is 2. The molecule has 6 heteroatoms. The van der Waals surface area contributed by atoms with Crippen molar-refractivity contribution >= 4 is 29.2 Å². The summed E-state index contributed by atoms with van der Waals surface area (Å²) < 4.78 is 5.06. The smallest absolute Gasteiger partial charge is 0.309 e. The molecule has 0 radical (unpaired) electrons. The summed E-state index contributed by atoms with van der Waals surface area (Å²) in [4.78, 5) is 34.7. The molecule has 0 unspecified atom stereocenters. The molecular weight excluding hydrogens is 296 g/mol. The van der Waals surface area contributed by atoms with E-state index in [2.05, 4.69) is 10.6 Å². The summed E-state index contributed by atoms with van der Waals surface area (Å²) in [5, 5.41) is 5.26. The quantitative estimate of drug-likeness (QED) is 0.645. The molecule has 0 fully saturated rings. The Kier molecular flexibility index (Phi) is 5.91. The molecule has 0 spiro atoms. The van der Waals surface area contributed by atoms with Crippen LogP contribution in [0.25, 0.3) is 0 Å². The highest BCUT2D eigenvalue weighted by molar-refractivity contribution is 5.94. The van der Waals surface area contributed by atoms with Crippen molar-refractivity contribution in [1.29, 1.82) is 0 Å². The highest BCUT2D eigenvalue weighted by Gasteiger charge is 2.20. The monoisotopic (exact) mass is 316 g/mol. The van der Waals surface area contributed by atoms with Crippen LogP contribution in [-0.2, 0) is 19.1 Å². The van der Waals surface area contributed by atoms with Gasteiger partial charge < -0.3 is 15.4 Å². The molecule has 0 aromatic heterocycles. The maximum Gasteiger partial charge on any atom is 0.309 e. The molecule has 2 N–H and O–H groups in total. The van der Waals surface area contributed by atoms with Gasteiger partial charge in [0.25, 0.3) is 5.91 Å². The van der Waals surface area contributed by atoms with E-state index in [0.717, 1.165) is 12.8 Å². The molecule has 0 saturated heterocycles. The zero-order valence-corrected chi connectivity index (χ0v) is 13.0. The standard InChI is InChI=1S/C17H20N2O4/c1-12(20)18-14-8-5-9-15(10-14)19-16(21)11-23-17(22)13-6-3-2-4-7-13/h2-3,5,8-10,13H,4,6-7,11H2,1H3,(H,18,20)(H,19,21)/t13-/m0/s1. The molecular formula is C17H20N2O4. The minimum atomic E-state index is -0.412. The summed E-state index contributed by atoms with van der Waals surface area (Å²) >= 11 is 0. The zero-order valence-electron chi connectivity index (χ0n) is 13.0. The Morgan fingerprint density at radius 1 is 1.17 bits per heavy atom. The molecule has 2 rings (SSSR count). The number of ether oxygens (including phenoxy) is 1. The van der Waals surface area contributed by atoms with Gasteiger partial charge in [-0.05, 0) is 37.5 Å². The summed E-state index contributed by atoms with van der Waals surface area (Å²) in [7, 11) is 0. The van der Waals surface area contributed by atoms with Gasteiger partial charge in [0.2, 0.25) is 5.91 Å². The second-order valence-corrected chi connectivity index (χ2v) is 5.40. The van der Waals surface area contributed by atoms with E-state index < -0.39 is 5.91 Å². The van der Waals surface area contributed by atoms with E-state index in [0.29, 0.717) is 17.8 Å². The Morgan fingerprint density at radius 3 is 2.57 bits per heavy atom. The first-order valence-corrected chi connectivity index (χ1v) is 7.54. The van der Waals surface area contributed by atoms with Crippen molar-refractivity contribution < 1.29 is 19.1 Å². The molecule has 1 aliphatic rings. The summed E-state index contributed by atoms with van der Waals surface area (Å²) in [6.07, 6.45) is 6.29. The maximum absolute atomic E-state index is 11.8. The first kappa shape index (κ1) is 16.7. The molecule has 0 heterocycles. The topological polar surface area (TPSA) is 84.5 Å².